The molecule has 1 amide bonds. The summed E-state index contributed by atoms with van der Waals surface area (Å²) in [6.45, 7) is 2.85. The van der Waals surface area contributed by atoms with E-state index in [-0.39, 0.29) is 35.3 Å². The molecule has 1 aromatic carbocycles. The van der Waals surface area contributed by atoms with Crippen LogP contribution in [0.1, 0.15) is 37.7 Å². The van der Waals surface area contributed by atoms with Crippen molar-refractivity contribution in [1.82, 2.24) is 15.5 Å². The molecule has 0 bridgehead atoms. The van der Waals surface area contributed by atoms with E-state index in [1.54, 1.807) is 7.05 Å². The highest BCUT2D eigenvalue weighted by molar-refractivity contribution is 14.0. The maximum absolute atomic E-state index is 11.6. The smallest absolute Gasteiger partial charge is 0.220 e. The number of hydrogen-bond donors (Lipinski definition) is 2. The van der Waals surface area contributed by atoms with E-state index in [1.165, 1.54) is 18.4 Å². The molecule has 27 heavy (non-hydrogen) atoms. The minimum Gasteiger partial charge on any atom is -0.359 e. The van der Waals surface area contributed by atoms with E-state index in [0.717, 1.165) is 42.9 Å². The zero-order chi connectivity index (χ0) is 18.6. The molecular formula is C20H30BrIN4O. The Bertz CT molecular complexity index is 670. The van der Waals surface area contributed by atoms with Crippen LogP contribution in [0, 0.1) is 5.92 Å². The number of nitrogens with zero attached hydrogens (tertiary/aromatic N) is 2. The van der Waals surface area contributed by atoms with Gasteiger partial charge in [0.2, 0.25) is 5.91 Å². The Hall–Kier alpha value is -0.830. The Morgan fingerprint density at radius 1 is 1.33 bits per heavy atom. The van der Waals surface area contributed by atoms with E-state index in [9.17, 15) is 4.79 Å². The molecule has 0 spiro atoms. The Balaban J connectivity index is 0.00000261. The van der Waals surface area contributed by atoms with Crippen LogP contribution in [0.5, 0.6) is 0 Å². The Morgan fingerprint density at radius 2 is 2.04 bits per heavy atom. The third kappa shape index (κ3) is 5.82. The van der Waals surface area contributed by atoms with Gasteiger partial charge in [0.1, 0.15) is 0 Å². The largest absolute Gasteiger partial charge is 0.359 e. The van der Waals surface area contributed by atoms with Crippen LogP contribution in [0.4, 0.5) is 0 Å². The van der Waals surface area contributed by atoms with E-state index >= 15 is 0 Å². The molecule has 5 nitrogen and oxygen atoms in total. The first kappa shape index (κ1) is 22.5. The molecule has 150 valence electrons. The molecule has 2 fully saturated rings. The summed E-state index contributed by atoms with van der Waals surface area (Å²) in [6, 6.07) is 8.66. The van der Waals surface area contributed by atoms with E-state index in [1.807, 2.05) is 7.05 Å². The monoisotopic (exact) mass is 548 g/mol. The third-order valence-corrected chi connectivity index (χ3v) is 6.25. The number of carbonyl (C=O) groups excluding carboxylic acids is 1. The van der Waals surface area contributed by atoms with Crippen molar-refractivity contribution in [3.05, 3.63) is 34.3 Å². The lowest BCUT2D eigenvalue weighted by molar-refractivity contribution is -0.121. The lowest BCUT2D eigenvalue weighted by Gasteiger charge is -2.34. The topological polar surface area (TPSA) is 56.7 Å². The summed E-state index contributed by atoms with van der Waals surface area (Å²) in [4.78, 5) is 18.4. The van der Waals surface area contributed by atoms with Gasteiger partial charge in [-0.1, -0.05) is 28.1 Å². The van der Waals surface area contributed by atoms with Gasteiger partial charge in [0.05, 0.1) is 0 Å². The van der Waals surface area contributed by atoms with Gasteiger partial charge in [0, 0.05) is 50.0 Å². The number of amides is 1. The zero-order valence-electron chi connectivity index (χ0n) is 16.1. The Kier molecular flexibility index (Phi) is 8.39. The van der Waals surface area contributed by atoms with Crippen LogP contribution < -0.4 is 10.6 Å². The quantitative estimate of drug-likeness (QED) is 0.336. The summed E-state index contributed by atoms with van der Waals surface area (Å²) in [5, 5.41) is 6.34. The number of guanidine groups is 1. The van der Waals surface area contributed by atoms with Gasteiger partial charge in [-0.25, -0.2) is 0 Å². The molecule has 0 unspecified atom stereocenters. The van der Waals surface area contributed by atoms with Gasteiger partial charge < -0.3 is 15.5 Å². The molecule has 2 N–H and O–H groups in total. The summed E-state index contributed by atoms with van der Waals surface area (Å²) >= 11 is 3.59. The van der Waals surface area contributed by atoms with Crippen molar-refractivity contribution in [1.29, 1.82) is 0 Å². The van der Waals surface area contributed by atoms with Crippen LogP contribution in [0.2, 0.25) is 0 Å². The number of piperidine rings is 1. The van der Waals surface area contributed by atoms with E-state index in [2.05, 4.69) is 60.7 Å². The molecule has 1 saturated heterocycles. The maximum Gasteiger partial charge on any atom is 0.220 e. The van der Waals surface area contributed by atoms with Crippen molar-refractivity contribution in [3.63, 3.8) is 0 Å². The van der Waals surface area contributed by atoms with Crippen molar-refractivity contribution in [3.8, 4) is 0 Å². The van der Waals surface area contributed by atoms with Crippen LogP contribution in [0.15, 0.2) is 33.7 Å². The fourth-order valence-electron chi connectivity index (χ4n) is 3.83. The van der Waals surface area contributed by atoms with Crippen molar-refractivity contribution in [2.75, 3.05) is 33.7 Å². The molecule has 3 rings (SSSR count). The number of carbonyl (C=O) groups is 1. The second-order valence-electron chi connectivity index (χ2n) is 7.50. The van der Waals surface area contributed by atoms with Gasteiger partial charge >= 0.3 is 0 Å². The van der Waals surface area contributed by atoms with Crippen molar-refractivity contribution < 1.29 is 4.79 Å². The Morgan fingerprint density at radius 3 is 2.59 bits per heavy atom. The maximum atomic E-state index is 11.6. The fraction of sp³-hybridized carbons (Fsp3) is 0.600. The third-order valence-electron chi connectivity index (χ3n) is 5.75. The van der Waals surface area contributed by atoms with Crippen molar-refractivity contribution in [2.24, 2.45) is 10.9 Å². The summed E-state index contributed by atoms with van der Waals surface area (Å²) in [6.07, 6.45) is 5.18. The fourth-order valence-corrected chi connectivity index (χ4v) is 4.23. The molecule has 1 saturated carbocycles. The van der Waals surface area contributed by atoms with Gasteiger partial charge in [-0.15, -0.1) is 24.0 Å². The van der Waals surface area contributed by atoms with E-state index < -0.39 is 0 Å². The van der Waals surface area contributed by atoms with Crippen molar-refractivity contribution in [2.45, 2.75) is 37.5 Å². The molecule has 2 aliphatic rings. The average Bonchev–Trinajstić information content (AvgIpc) is 3.44. The standard InChI is InChI=1S/C20H29BrN4O.HI/c1-22-18(26)12-15-6-10-25(11-7-15)19(23-2)24-14-20(8-9-20)16-4-3-5-17(21)13-16;/h3-5,13,15H,6-12,14H2,1-2H3,(H,22,26)(H,23,24);1H. The van der Waals surface area contributed by atoms with Crippen LogP contribution in [-0.2, 0) is 10.2 Å². The highest BCUT2D eigenvalue weighted by atomic mass is 127. The first-order chi connectivity index (χ1) is 12.6. The Labute approximate surface area is 187 Å². The minimum absolute atomic E-state index is 0. The highest BCUT2D eigenvalue weighted by Gasteiger charge is 2.44. The number of likely N-dealkylation sites (tertiary alicyclic amines) is 1. The molecular weight excluding hydrogens is 519 g/mol. The highest BCUT2D eigenvalue weighted by Crippen LogP contribution is 2.48. The predicted molar refractivity (Wildman–Crippen MR) is 125 cm³/mol. The number of rotatable bonds is 5. The number of nitrogens with one attached hydrogen (secondary N) is 2. The van der Waals surface area contributed by atoms with Crippen LogP contribution in [-0.4, -0.2) is 50.5 Å². The van der Waals surface area contributed by atoms with Gasteiger partial charge in [0.25, 0.3) is 0 Å². The van der Waals surface area contributed by atoms with Crippen LogP contribution >= 0.6 is 39.9 Å². The molecule has 1 aromatic rings. The minimum atomic E-state index is 0. The average molecular weight is 549 g/mol. The molecule has 7 heteroatoms. The summed E-state index contributed by atoms with van der Waals surface area (Å²) < 4.78 is 1.14. The molecule has 0 radical (unpaired) electrons. The number of aliphatic imine (C=N–C) groups is 1. The van der Waals surface area contributed by atoms with Gasteiger partial charge in [0.15, 0.2) is 5.96 Å². The van der Waals surface area contributed by atoms with Crippen LogP contribution in [0.25, 0.3) is 0 Å². The molecule has 0 aromatic heterocycles. The number of halogens is 2. The molecule has 1 aliphatic carbocycles. The molecule has 1 heterocycles. The van der Waals surface area contributed by atoms with Gasteiger partial charge in [-0.3, -0.25) is 9.79 Å². The van der Waals surface area contributed by atoms with E-state index in [4.69, 9.17) is 0 Å². The molecule has 0 atom stereocenters. The zero-order valence-corrected chi connectivity index (χ0v) is 20.0. The SMILES string of the molecule is CN=C(NCC1(c2cccc(Br)c2)CC1)N1CCC(CC(=O)NC)CC1.I. The first-order valence-corrected chi connectivity index (χ1v) is 10.3. The number of hydrogen-bond acceptors (Lipinski definition) is 2. The second-order valence-corrected chi connectivity index (χ2v) is 8.41. The normalized spacial score (nSPS) is 19.2. The second kappa shape index (κ2) is 10.1. The lowest BCUT2D eigenvalue weighted by Crippen LogP contribution is -2.47. The lowest BCUT2D eigenvalue weighted by atomic mass is 9.93. The predicted octanol–water partition coefficient (Wildman–Crippen LogP) is 3.52. The summed E-state index contributed by atoms with van der Waals surface area (Å²) in [7, 11) is 3.57. The van der Waals surface area contributed by atoms with Gasteiger partial charge in [-0.2, -0.15) is 0 Å². The summed E-state index contributed by atoms with van der Waals surface area (Å²) in [5.74, 6) is 1.63. The molecule has 1 aliphatic heterocycles. The van der Waals surface area contributed by atoms with E-state index in [0.29, 0.717) is 12.3 Å². The first-order valence-electron chi connectivity index (χ1n) is 9.48. The summed E-state index contributed by atoms with van der Waals surface area (Å²) in [5.41, 5.74) is 1.65. The number of benzene rings is 1. The van der Waals surface area contributed by atoms with Crippen LogP contribution in [0.3, 0.4) is 0 Å². The van der Waals surface area contributed by atoms with Gasteiger partial charge in [-0.05, 0) is 49.3 Å². The van der Waals surface area contributed by atoms with Crippen molar-refractivity contribution >= 4 is 51.8 Å².